The molecular formula is C141H258O2S3. The second-order valence-electron chi connectivity index (χ2n) is 60.6. The van der Waals surface area contributed by atoms with Crippen LogP contribution in [0.15, 0.2) is 121 Å². The maximum atomic E-state index is 5.21. The lowest BCUT2D eigenvalue weighted by atomic mass is 9.58. The fourth-order valence-corrected chi connectivity index (χ4v) is 26.2. The molecule has 5 heteroatoms. The molecule has 0 aromatic heterocycles. The lowest BCUT2D eigenvalue weighted by molar-refractivity contribution is 0.0152. The van der Waals surface area contributed by atoms with E-state index in [1.165, 1.54) is 303 Å². The number of hydrogen-bond donors (Lipinski definition) is 0. The molecule has 2 nitrogen and oxygen atoms in total. The zero-order chi connectivity index (χ0) is 112. The van der Waals surface area contributed by atoms with Crippen LogP contribution < -0.4 is 0 Å². The van der Waals surface area contributed by atoms with E-state index in [1.54, 1.807) is 14.2 Å². The highest BCUT2D eigenvalue weighted by Gasteiger charge is 2.50. The van der Waals surface area contributed by atoms with Crippen molar-refractivity contribution in [2.75, 3.05) is 63.5 Å². The third-order valence-corrected chi connectivity index (χ3v) is 45.8. The molecule has 852 valence electrons. The minimum absolute atomic E-state index is 0.160. The number of rotatable bonds is 39. The summed E-state index contributed by atoms with van der Waals surface area (Å²) in [6, 6.07) is 43.4. The van der Waals surface area contributed by atoms with Crippen LogP contribution in [0.1, 0.15) is 590 Å². The maximum Gasteiger partial charge on any atom is 0.0467 e. The maximum absolute atomic E-state index is 5.21. The smallest absolute Gasteiger partial charge is 0.0467 e. The van der Waals surface area contributed by atoms with Crippen LogP contribution in [0, 0.1) is 97.5 Å². The molecule has 0 N–H and O–H groups in total. The lowest BCUT2D eigenvalue weighted by Crippen LogP contribution is -2.37. The van der Waals surface area contributed by atoms with Crippen molar-refractivity contribution in [3.63, 3.8) is 0 Å². The van der Waals surface area contributed by atoms with Gasteiger partial charge in [0.05, 0.1) is 0 Å². The Kier molecular flexibility index (Phi) is 61.1. The van der Waals surface area contributed by atoms with Gasteiger partial charge < -0.3 is 9.47 Å². The summed E-state index contributed by atoms with van der Waals surface area (Å²) in [4.78, 5) is 0. The van der Waals surface area contributed by atoms with Gasteiger partial charge in [0.1, 0.15) is 0 Å². The number of methoxy groups -OCH3 is 2. The Morgan fingerprint density at radius 1 is 0.233 bits per heavy atom. The van der Waals surface area contributed by atoms with Crippen molar-refractivity contribution in [1.82, 2.24) is 0 Å². The summed E-state index contributed by atoms with van der Waals surface area (Å²) in [5.74, 6) is 3.89. The molecule has 6 saturated carbocycles. The zero-order valence-electron chi connectivity index (χ0n) is 108. The predicted octanol–water partition coefficient (Wildman–Crippen LogP) is 47.1. The second kappa shape index (κ2) is 62.9. The van der Waals surface area contributed by atoms with Gasteiger partial charge in [-0.25, -0.2) is 0 Å². The molecule has 10 rings (SSSR count). The first-order valence-corrected chi connectivity index (χ1v) is 64.9. The summed E-state index contributed by atoms with van der Waals surface area (Å²) >= 11 is 5.92. The van der Waals surface area contributed by atoms with E-state index in [2.05, 4.69) is 438 Å². The largest absolute Gasteiger partial charge is 0.385 e. The minimum Gasteiger partial charge on any atom is -0.385 e. The van der Waals surface area contributed by atoms with E-state index < -0.39 is 0 Å². The molecule has 0 saturated heterocycles. The molecule has 0 amide bonds. The molecule has 0 radical (unpaired) electrons. The Balaban J connectivity index is 0.000000813. The summed E-state index contributed by atoms with van der Waals surface area (Å²) < 4.78 is 10.4. The number of benzene rings is 4. The normalized spacial score (nSPS) is 21.0. The van der Waals surface area contributed by atoms with E-state index in [-0.39, 0.29) is 27.1 Å². The summed E-state index contributed by atoms with van der Waals surface area (Å²) in [5.41, 5.74) is 15.6. The Bertz CT molecular complexity index is 3680. The molecule has 0 bridgehead atoms. The molecule has 3 atom stereocenters. The quantitative estimate of drug-likeness (QED) is 0.0442. The van der Waals surface area contributed by atoms with Crippen molar-refractivity contribution in [3.05, 3.63) is 144 Å². The van der Waals surface area contributed by atoms with Gasteiger partial charge in [-0.05, 0) is 332 Å². The molecule has 146 heavy (non-hydrogen) atoms. The highest BCUT2D eigenvalue weighted by Crippen LogP contribution is 2.61. The molecule has 6 aliphatic carbocycles. The molecule has 0 spiro atoms. The van der Waals surface area contributed by atoms with Crippen LogP contribution in [0.25, 0.3) is 0 Å². The van der Waals surface area contributed by atoms with E-state index in [9.17, 15) is 0 Å². The predicted molar refractivity (Wildman–Crippen MR) is 673 cm³/mol. The van der Waals surface area contributed by atoms with Crippen molar-refractivity contribution in [3.8, 4) is 0 Å². The van der Waals surface area contributed by atoms with Crippen LogP contribution in [-0.4, -0.2) is 63.5 Å². The SMILES string of the molecule is CC(C)(C)CCC(C)(C)C(C)(C)c1ccccc1.CC(C)(C)CC[C@]1(C)CCCC1(C)C.CCCCC(C)(C)C(C)(C)c1ccccc1.CCCCC(C)(C)C1(C)CCCCC1.CCCC[C@]1(C)CCCC1(C)C.COCCC(C)(C)C(C)(C)c1ccccc1.COCCC(C)(C)C1(C)CCCCC1.CSCCC(C)(C)C(C)(C)c1ccccc1.CSCCC(C)(C)C1(C)CCCCC1.CSCC[C@]1(C)CCCC1(C)C. The zero-order valence-corrected chi connectivity index (χ0v) is 110. The van der Waals surface area contributed by atoms with Gasteiger partial charge in [0.15, 0.2) is 0 Å². The van der Waals surface area contributed by atoms with Crippen LogP contribution in [0.2, 0.25) is 0 Å². The molecule has 0 aliphatic heterocycles. The lowest BCUT2D eigenvalue weighted by Gasteiger charge is -2.47. The van der Waals surface area contributed by atoms with Crippen molar-refractivity contribution < 1.29 is 9.47 Å². The van der Waals surface area contributed by atoms with Gasteiger partial charge in [0.2, 0.25) is 0 Å². The average molecular weight is 2080 g/mol. The van der Waals surface area contributed by atoms with Crippen molar-refractivity contribution >= 4 is 35.3 Å². The average Bonchev–Trinajstić information content (AvgIpc) is 1.48. The van der Waals surface area contributed by atoms with E-state index >= 15 is 0 Å². The highest BCUT2D eigenvalue weighted by atomic mass is 32.2. The molecule has 4 aromatic rings. The van der Waals surface area contributed by atoms with E-state index in [0.717, 1.165) is 19.6 Å². The number of ether oxygens (including phenoxy) is 2. The monoisotopic (exact) mass is 2080 g/mol. The first kappa shape index (κ1) is 142. The third kappa shape index (κ3) is 44.4. The van der Waals surface area contributed by atoms with Gasteiger partial charge in [0, 0.05) is 27.4 Å². The molecule has 6 aliphatic rings. The van der Waals surface area contributed by atoms with Crippen molar-refractivity contribution in [2.45, 2.75) is 589 Å². The molecule has 4 aromatic carbocycles. The molecule has 0 heterocycles. The van der Waals surface area contributed by atoms with Gasteiger partial charge in [-0.1, -0.05) is 535 Å². The molecule has 6 fully saturated rings. The molecule has 0 unspecified atom stereocenters. The summed E-state index contributed by atoms with van der Waals surface area (Å²) in [6.07, 6.45) is 65.2. The third-order valence-electron chi connectivity index (χ3n) is 43.9. The van der Waals surface area contributed by atoms with E-state index in [0.29, 0.717) is 92.1 Å². The highest BCUT2D eigenvalue weighted by molar-refractivity contribution is 7.99. The number of hydrogen-bond acceptors (Lipinski definition) is 5. The summed E-state index contributed by atoms with van der Waals surface area (Å²) in [5, 5.41) is 0. The van der Waals surface area contributed by atoms with Crippen LogP contribution >= 0.6 is 35.3 Å². The summed E-state index contributed by atoms with van der Waals surface area (Å²) in [7, 11) is 3.57. The van der Waals surface area contributed by atoms with Gasteiger partial charge in [-0.15, -0.1) is 0 Å². The Morgan fingerprint density at radius 2 is 0.486 bits per heavy atom. The number of unbranched alkanes of at least 4 members (excludes halogenated alkanes) is 3. The first-order valence-electron chi connectivity index (χ1n) is 60.7. The topological polar surface area (TPSA) is 18.5 Å². The molecular weight excluding hydrogens is 1820 g/mol. The van der Waals surface area contributed by atoms with Crippen LogP contribution in [0.4, 0.5) is 0 Å². The fraction of sp³-hybridized carbons (Fsp3) is 0.830. The van der Waals surface area contributed by atoms with Crippen LogP contribution in [0.5, 0.6) is 0 Å². The number of thioether (sulfide) groups is 3. The Labute approximate surface area is 931 Å². The van der Waals surface area contributed by atoms with Crippen LogP contribution in [0.3, 0.4) is 0 Å². The minimum atomic E-state index is 0.160. The standard InChI is InChI=1S/C18H30.C16H26.C15H24O.C15H24S.2C14H28.C13H26O.C13H26S.C12H24.C11H22S/c1-16(2,3)13-14-17(4,5)18(6,7)15-11-9-8-10-12-15;1-6-7-13-15(2,3)16(4,5)14-11-9-8-10-12-14;2*1-14(2,11-12-16-5)15(3,4)13-9-7-6-8-10-13;1-12(2,3)10-11-14(6)9-7-8-13(14,4)5;1-5-6-10-13(2,3)14(4)11-8-7-9-12-14;2*1-12(2,10-11-14-4)13(3)8-6-5-7-9-13;1-5-6-9-12(4)10-7-8-11(12,2)3;1-10(2)6-5-7-11(10,3)8-9-12-4/h8-12H,13-14H2,1-7H3;8-12H,6-7,13H2,1-5H3;2*6-10H,11-12H2,1-5H3;7-11H2,1-6H3;5-12H2,1-4H3;2*5-11H2,1-4H3;5-10H2,1-4H3;5-9H2,1-4H3/t;;;;14-;;;;12-;11-/m....0...10/s1. The van der Waals surface area contributed by atoms with Crippen LogP contribution in [-0.2, 0) is 31.1 Å². The fourth-order valence-electron chi connectivity index (χ4n) is 24.1. The Morgan fingerprint density at radius 3 is 0.767 bits per heavy atom. The summed E-state index contributed by atoms with van der Waals surface area (Å²) in [6.45, 7) is 105. The van der Waals surface area contributed by atoms with E-state index in [4.69, 9.17) is 9.47 Å². The van der Waals surface area contributed by atoms with E-state index in [1.807, 2.05) is 35.3 Å². The first-order chi connectivity index (χ1) is 67.1. The van der Waals surface area contributed by atoms with Gasteiger partial charge in [0.25, 0.3) is 0 Å². The van der Waals surface area contributed by atoms with Gasteiger partial charge >= 0.3 is 0 Å². The van der Waals surface area contributed by atoms with Gasteiger partial charge in [-0.3, -0.25) is 0 Å². The van der Waals surface area contributed by atoms with Crippen molar-refractivity contribution in [2.24, 2.45) is 97.5 Å². The Hall–Kier alpha value is -2.15. The van der Waals surface area contributed by atoms with Crippen molar-refractivity contribution in [1.29, 1.82) is 0 Å². The second-order valence-corrected chi connectivity index (χ2v) is 63.5. The van der Waals surface area contributed by atoms with Gasteiger partial charge in [-0.2, -0.15) is 35.3 Å².